The fourth-order valence-corrected chi connectivity index (χ4v) is 2.19. The Morgan fingerprint density at radius 2 is 1.80 bits per heavy atom. The van der Waals surface area contributed by atoms with Crippen molar-refractivity contribution in [2.45, 2.75) is 39.2 Å². The maximum atomic E-state index is 6.18. The van der Waals surface area contributed by atoms with Crippen molar-refractivity contribution in [2.75, 3.05) is 0 Å². The van der Waals surface area contributed by atoms with E-state index in [9.17, 15) is 0 Å². The molecule has 1 unspecified atom stereocenters. The molecule has 2 heteroatoms. The molecule has 0 aliphatic heterocycles. The fraction of sp³-hybridized carbons (Fsp3) is 0.538. The highest BCUT2D eigenvalue weighted by molar-refractivity contribution is 6.31. The van der Waals surface area contributed by atoms with Gasteiger partial charge in [0.25, 0.3) is 0 Å². The fourth-order valence-electron chi connectivity index (χ4n) is 1.98. The molecule has 0 amide bonds. The van der Waals surface area contributed by atoms with Crippen LogP contribution in [-0.4, -0.2) is 6.04 Å². The Bertz CT molecular complexity index is 294. The summed E-state index contributed by atoms with van der Waals surface area (Å²) in [5.41, 5.74) is 7.35. The molecule has 1 aromatic carbocycles. The predicted molar refractivity (Wildman–Crippen MR) is 67.2 cm³/mol. The normalized spacial score (nSPS) is 13.1. The molecular weight excluding hydrogens is 206 g/mol. The first-order chi connectivity index (χ1) is 7.19. The monoisotopic (exact) mass is 225 g/mol. The lowest BCUT2D eigenvalue weighted by atomic mass is 9.90. The Balaban J connectivity index is 2.65. The minimum Gasteiger partial charge on any atom is -0.327 e. The molecule has 0 aliphatic rings. The molecule has 1 nitrogen and oxygen atoms in total. The molecule has 0 fully saturated rings. The lowest BCUT2D eigenvalue weighted by Crippen LogP contribution is -2.31. The number of benzene rings is 1. The van der Waals surface area contributed by atoms with Gasteiger partial charge in [0, 0.05) is 11.1 Å². The predicted octanol–water partition coefficient (Wildman–Crippen LogP) is 3.65. The summed E-state index contributed by atoms with van der Waals surface area (Å²) in [6, 6.07) is 8.18. The van der Waals surface area contributed by atoms with E-state index in [-0.39, 0.29) is 6.04 Å². The van der Waals surface area contributed by atoms with E-state index in [0.29, 0.717) is 5.92 Å². The zero-order valence-corrected chi connectivity index (χ0v) is 10.3. The van der Waals surface area contributed by atoms with E-state index in [1.807, 2.05) is 18.2 Å². The summed E-state index contributed by atoms with van der Waals surface area (Å²) in [5.74, 6) is 0.598. The first-order valence-electron chi connectivity index (χ1n) is 5.68. The van der Waals surface area contributed by atoms with E-state index in [1.54, 1.807) is 0 Å². The number of hydrogen-bond acceptors (Lipinski definition) is 1. The standard InChI is InChI=1S/C13H20ClN/c1-3-10(4-2)13(15)9-11-7-5-6-8-12(11)14/h5-8,10,13H,3-4,9,15H2,1-2H3. The lowest BCUT2D eigenvalue weighted by Gasteiger charge is -2.21. The third-order valence-electron chi connectivity index (χ3n) is 3.07. The highest BCUT2D eigenvalue weighted by Crippen LogP contribution is 2.20. The molecule has 0 heterocycles. The molecule has 1 rings (SSSR count). The van der Waals surface area contributed by atoms with Crippen LogP contribution in [0.15, 0.2) is 24.3 Å². The second-order valence-corrected chi connectivity index (χ2v) is 4.44. The number of nitrogens with two attached hydrogens (primary N) is 1. The average Bonchev–Trinajstić information content (AvgIpc) is 2.23. The van der Waals surface area contributed by atoms with Crippen LogP contribution in [0.1, 0.15) is 32.3 Å². The molecule has 0 aromatic heterocycles. The van der Waals surface area contributed by atoms with Crippen molar-refractivity contribution >= 4 is 11.6 Å². The summed E-state index contributed by atoms with van der Waals surface area (Å²) < 4.78 is 0. The third-order valence-corrected chi connectivity index (χ3v) is 3.44. The van der Waals surface area contributed by atoms with Crippen LogP contribution in [0.2, 0.25) is 5.02 Å². The second-order valence-electron chi connectivity index (χ2n) is 4.04. The van der Waals surface area contributed by atoms with Gasteiger partial charge in [-0.25, -0.2) is 0 Å². The summed E-state index contributed by atoms with van der Waals surface area (Å²) in [6.07, 6.45) is 3.16. The van der Waals surface area contributed by atoms with Gasteiger partial charge in [-0.05, 0) is 24.0 Å². The number of halogens is 1. The Morgan fingerprint density at radius 1 is 1.20 bits per heavy atom. The topological polar surface area (TPSA) is 26.0 Å². The summed E-state index contributed by atoms with van der Waals surface area (Å²) in [6.45, 7) is 4.39. The SMILES string of the molecule is CCC(CC)C(N)Cc1ccccc1Cl. The Labute approximate surface area is 97.6 Å². The third kappa shape index (κ3) is 3.51. The molecule has 84 valence electrons. The van der Waals surface area contributed by atoms with E-state index in [0.717, 1.165) is 24.3 Å². The highest BCUT2D eigenvalue weighted by atomic mass is 35.5. The van der Waals surface area contributed by atoms with Crippen molar-refractivity contribution in [3.05, 3.63) is 34.9 Å². The quantitative estimate of drug-likeness (QED) is 0.814. The molecule has 0 aliphatic carbocycles. The summed E-state index contributed by atoms with van der Waals surface area (Å²) in [5, 5.41) is 0.832. The molecule has 2 N–H and O–H groups in total. The highest BCUT2D eigenvalue weighted by Gasteiger charge is 2.15. The van der Waals surface area contributed by atoms with Gasteiger partial charge in [0.1, 0.15) is 0 Å². The molecule has 0 saturated heterocycles. The number of hydrogen-bond donors (Lipinski definition) is 1. The van der Waals surface area contributed by atoms with E-state index < -0.39 is 0 Å². The van der Waals surface area contributed by atoms with E-state index in [4.69, 9.17) is 17.3 Å². The summed E-state index contributed by atoms with van der Waals surface area (Å²) in [4.78, 5) is 0. The zero-order valence-electron chi connectivity index (χ0n) is 9.54. The van der Waals surface area contributed by atoms with Crippen LogP contribution in [0, 0.1) is 5.92 Å². The van der Waals surface area contributed by atoms with E-state index in [2.05, 4.69) is 19.9 Å². The van der Waals surface area contributed by atoms with Gasteiger partial charge in [-0.15, -0.1) is 0 Å². The van der Waals surface area contributed by atoms with Crippen molar-refractivity contribution < 1.29 is 0 Å². The summed E-state index contributed by atoms with van der Waals surface area (Å²) >= 11 is 6.10. The molecule has 15 heavy (non-hydrogen) atoms. The van der Waals surface area contributed by atoms with Crippen molar-refractivity contribution in [1.29, 1.82) is 0 Å². The first kappa shape index (κ1) is 12.5. The molecule has 0 radical (unpaired) electrons. The Kier molecular flexibility index (Phi) is 5.13. The van der Waals surface area contributed by atoms with E-state index >= 15 is 0 Å². The maximum Gasteiger partial charge on any atom is 0.0438 e. The van der Waals surface area contributed by atoms with Crippen LogP contribution >= 0.6 is 11.6 Å². The van der Waals surface area contributed by atoms with Crippen LogP contribution in [-0.2, 0) is 6.42 Å². The van der Waals surface area contributed by atoms with Crippen LogP contribution in [0.3, 0.4) is 0 Å². The van der Waals surface area contributed by atoms with Crippen LogP contribution in [0.5, 0.6) is 0 Å². The van der Waals surface area contributed by atoms with Gasteiger partial charge >= 0.3 is 0 Å². The van der Waals surface area contributed by atoms with Crippen molar-refractivity contribution in [3.8, 4) is 0 Å². The second kappa shape index (κ2) is 6.14. The van der Waals surface area contributed by atoms with Crippen LogP contribution in [0.4, 0.5) is 0 Å². The average molecular weight is 226 g/mol. The lowest BCUT2D eigenvalue weighted by molar-refractivity contribution is 0.393. The molecule has 0 saturated carbocycles. The molecule has 1 atom stereocenters. The van der Waals surface area contributed by atoms with Crippen LogP contribution < -0.4 is 5.73 Å². The minimum absolute atomic E-state index is 0.222. The largest absolute Gasteiger partial charge is 0.327 e. The zero-order chi connectivity index (χ0) is 11.3. The van der Waals surface area contributed by atoms with Crippen molar-refractivity contribution in [1.82, 2.24) is 0 Å². The molecule has 1 aromatic rings. The Hall–Kier alpha value is -0.530. The molecule has 0 bridgehead atoms. The van der Waals surface area contributed by atoms with Gasteiger partial charge in [-0.3, -0.25) is 0 Å². The van der Waals surface area contributed by atoms with Gasteiger partial charge in [-0.2, -0.15) is 0 Å². The molecular formula is C13H20ClN. The summed E-state index contributed by atoms with van der Waals surface area (Å²) in [7, 11) is 0. The smallest absolute Gasteiger partial charge is 0.0438 e. The van der Waals surface area contributed by atoms with Crippen LogP contribution in [0.25, 0.3) is 0 Å². The minimum atomic E-state index is 0.222. The van der Waals surface area contributed by atoms with Gasteiger partial charge in [0.2, 0.25) is 0 Å². The molecule has 0 spiro atoms. The maximum absolute atomic E-state index is 6.18. The van der Waals surface area contributed by atoms with E-state index in [1.165, 1.54) is 5.56 Å². The van der Waals surface area contributed by atoms with Crippen molar-refractivity contribution in [2.24, 2.45) is 11.7 Å². The first-order valence-corrected chi connectivity index (χ1v) is 6.05. The number of rotatable bonds is 5. The van der Waals surface area contributed by atoms with Gasteiger partial charge in [0.15, 0.2) is 0 Å². The Morgan fingerprint density at radius 3 is 2.33 bits per heavy atom. The van der Waals surface area contributed by atoms with Gasteiger partial charge < -0.3 is 5.73 Å². The van der Waals surface area contributed by atoms with Crippen molar-refractivity contribution in [3.63, 3.8) is 0 Å². The van der Waals surface area contributed by atoms with Gasteiger partial charge in [-0.1, -0.05) is 56.5 Å². The van der Waals surface area contributed by atoms with Gasteiger partial charge in [0.05, 0.1) is 0 Å².